The van der Waals surface area contributed by atoms with Crippen molar-refractivity contribution in [1.82, 2.24) is 4.90 Å². The molecule has 0 saturated carbocycles. The van der Waals surface area contributed by atoms with Crippen LogP contribution in [0.4, 0.5) is 5.69 Å². The Bertz CT molecular complexity index is 870. The van der Waals surface area contributed by atoms with Crippen LogP contribution >= 0.6 is 0 Å². The van der Waals surface area contributed by atoms with Crippen molar-refractivity contribution in [3.8, 4) is 5.75 Å². The van der Waals surface area contributed by atoms with Gasteiger partial charge in [0.1, 0.15) is 5.75 Å². The zero-order valence-corrected chi connectivity index (χ0v) is 17.5. The van der Waals surface area contributed by atoms with Crippen molar-refractivity contribution in [2.75, 3.05) is 38.7 Å². The normalized spacial score (nSPS) is 15.2. The molecule has 0 bridgehead atoms. The number of amides is 1. The highest BCUT2D eigenvalue weighted by atomic mass is 16.5. The third-order valence-electron chi connectivity index (χ3n) is 5.30. The number of methoxy groups -OCH3 is 1. The van der Waals surface area contributed by atoms with Gasteiger partial charge in [0, 0.05) is 42.0 Å². The Hall–Kier alpha value is -2.63. The van der Waals surface area contributed by atoms with E-state index in [9.17, 15) is 4.79 Å². The maximum Gasteiger partial charge on any atom is 0.255 e. The molecule has 0 atom stereocenters. The van der Waals surface area contributed by atoms with Gasteiger partial charge in [0.15, 0.2) is 0 Å². The van der Waals surface area contributed by atoms with Crippen LogP contribution in [0, 0.1) is 0 Å². The van der Waals surface area contributed by atoms with E-state index in [1.54, 1.807) is 7.11 Å². The summed E-state index contributed by atoms with van der Waals surface area (Å²) in [6, 6.07) is 13.6. The number of hydrogen-bond acceptors (Lipinski definition) is 4. The molecule has 0 aliphatic carbocycles. The maximum atomic E-state index is 12.9. The van der Waals surface area contributed by atoms with Crippen LogP contribution in [0.5, 0.6) is 5.75 Å². The van der Waals surface area contributed by atoms with Gasteiger partial charge < -0.3 is 14.8 Å². The molecule has 5 nitrogen and oxygen atoms in total. The number of carbonyl (C=O) groups is 1. The molecule has 3 rings (SSSR count). The molecule has 154 valence electrons. The van der Waals surface area contributed by atoms with Crippen molar-refractivity contribution in [3.63, 3.8) is 0 Å². The van der Waals surface area contributed by atoms with Crippen molar-refractivity contribution in [2.24, 2.45) is 0 Å². The number of morpholine rings is 1. The third-order valence-corrected chi connectivity index (χ3v) is 5.30. The van der Waals surface area contributed by atoms with E-state index in [2.05, 4.69) is 23.2 Å². The molecule has 0 aromatic heterocycles. The highest BCUT2D eigenvalue weighted by Crippen LogP contribution is 2.27. The second-order valence-electron chi connectivity index (χ2n) is 7.08. The van der Waals surface area contributed by atoms with E-state index < -0.39 is 0 Å². The summed E-state index contributed by atoms with van der Waals surface area (Å²) in [7, 11) is 1.65. The van der Waals surface area contributed by atoms with Gasteiger partial charge in [-0.15, -0.1) is 0 Å². The predicted molar refractivity (Wildman–Crippen MR) is 117 cm³/mol. The number of allylic oxidation sites excluding steroid dienone is 2. The van der Waals surface area contributed by atoms with Crippen LogP contribution in [0.2, 0.25) is 0 Å². The topological polar surface area (TPSA) is 50.8 Å². The quantitative estimate of drug-likeness (QED) is 0.746. The summed E-state index contributed by atoms with van der Waals surface area (Å²) in [5.41, 5.74) is 4.75. The number of ether oxygens (including phenoxy) is 2. The first-order valence-corrected chi connectivity index (χ1v) is 10.2. The van der Waals surface area contributed by atoms with Crippen LogP contribution in [-0.2, 0) is 11.3 Å². The summed E-state index contributed by atoms with van der Waals surface area (Å²) in [6.45, 7) is 8.27. The van der Waals surface area contributed by atoms with E-state index >= 15 is 0 Å². The van der Waals surface area contributed by atoms with Gasteiger partial charge in [0.25, 0.3) is 5.91 Å². The molecule has 0 unspecified atom stereocenters. The first-order chi connectivity index (χ1) is 14.2. The Kier molecular flexibility index (Phi) is 7.44. The minimum Gasteiger partial charge on any atom is -0.496 e. The molecule has 1 aliphatic heterocycles. The molecule has 1 amide bonds. The van der Waals surface area contributed by atoms with Crippen molar-refractivity contribution in [3.05, 3.63) is 65.2 Å². The lowest BCUT2D eigenvalue weighted by molar-refractivity contribution is 0.0339. The van der Waals surface area contributed by atoms with Crippen molar-refractivity contribution >= 4 is 17.2 Å². The van der Waals surface area contributed by atoms with Gasteiger partial charge in [-0.05, 0) is 37.1 Å². The molecule has 1 saturated heterocycles. The van der Waals surface area contributed by atoms with Crippen LogP contribution in [-0.4, -0.2) is 44.2 Å². The van der Waals surface area contributed by atoms with Crippen LogP contribution in [0.3, 0.4) is 0 Å². The Labute approximate surface area is 173 Å². The van der Waals surface area contributed by atoms with Gasteiger partial charge in [-0.3, -0.25) is 9.69 Å². The molecule has 29 heavy (non-hydrogen) atoms. The van der Waals surface area contributed by atoms with E-state index in [1.807, 2.05) is 49.4 Å². The molecular formula is C24H30N2O3. The Morgan fingerprint density at radius 1 is 1.21 bits per heavy atom. The average molecular weight is 395 g/mol. The molecule has 2 aromatic rings. The highest BCUT2D eigenvalue weighted by Gasteiger charge is 2.16. The number of anilines is 1. The fourth-order valence-electron chi connectivity index (χ4n) is 3.63. The number of rotatable bonds is 7. The summed E-state index contributed by atoms with van der Waals surface area (Å²) >= 11 is 0. The Morgan fingerprint density at radius 2 is 1.97 bits per heavy atom. The minimum absolute atomic E-state index is 0.139. The van der Waals surface area contributed by atoms with Crippen LogP contribution in [0.15, 0.2) is 48.5 Å². The highest BCUT2D eigenvalue weighted by molar-refractivity contribution is 6.06. The minimum atomic E-state index is -0.139. The zero-order chi connectivity index (χ0) is 20.6. The molecule has 0 spiro atoms. The van der Waals surface area contributed by atoms with Crippen LogP contribution in [0.1, 0.15) is 41.8 Å². The SMILES string of the molecule is C/C=C(\CC)c1ccccc1NC(=O)c1ccc(CN2CCOCC2)c(OC)c1. The smallest absolute Gasteiger partial charge is 0.255 e. The fourth-order valence-corrected chi connectivity index (χ4v) is 3.63. The number of nitrogens with zero attached hydrogens (tertiary/aromatic N) is 1. The molecule has 1 fully saturated rings. The van der Waals surface area contributed by atoms with Gasteiger partial charge in [0.2, 0.25) is 0 Å². The molecular weight excluding hydrogens is 364 g/mol. The van der Waals surface area contributed by atoms with Gasteiger partial charge in [0.05, 0.1) is 20.3 Å². The monoisotopic (exact) mass is 394 g/mol. The lowest BCUT2D eigenvalue weighted by atomic mass is 10.0. The molecule has 5 heteroatoms. The molecule has 1 heterocycles. The lowest BCUT2D eigenvalue weighted by Gasteiger charge is -2.27. The summed E-state index contributed by atoms with van der Waals surface area (Å²) in [5.74, 6) is 0.598. The first kappa shape index (κ1) is 21.1. The first-order valence-electron chi connectivity index (χ1n) is 10.2. The van der Waals surface area contributed by atoms with Gasteiger partial charge in [-0.25, -0.2) is 0 Å². The molecule has 1 N–H and O–H groups in total. The number of hydrogen-bond donors (Lipinski definition) is 1. The molecule has 1 aliphatic rings. The third kappa shape index (κ3) is 5.25. The van der Waals surface area contributed by atoms with Crippen molar-refractivity contribution < 1.29 is 14.3 Å². The average Bonchev–Trinajstić information content (AvgIpc) is 2.76. The number of nitrogens with one attached hydrogen (secondary N) is 1. The van der Waals surface area contributed by atoms with E-state index in [-0.39, 0.29) is 5.91 Å². The number of benzene rings is 2. The van der Waals surface area contributed by atoms with Crippen molar-refractivity contribution in [1.29, 1.82) is 0 Å². The largest absolute Gasteiger partial charge is 0.496 e. The summed E-state index contributed by atoms with van der Waals surface area (Å²) in [5, 5.41) is 3.07. The Balaban J connectivity index is 1.78. The second-order valence-corrected chi connectivity index (χ2v) is 7.08. The van der Waals surface area contributed by atoms with Crippen molar-refractivity contribution in [2.45, 2.75) is 26.8 Å². The number of carbonyl (C=O) groups excluding carboxylic acids is 1. The molecule has 0 radical (unpaired) electrons. The number of para-hydroxylation sites is 1. The summed E-state index contributed by atoms with van der Waals surface area (Å²) in [4.78, 5) is 15.3. The van der Waals surface area contributed by atoms with Gasteiger partial charge in [-0.1, -0.05) is 37.3 Å². The predicted octanol–water partition coefficient (Wildman–Crippen LogP) is 4.59. The summed E-state index contributed by atoms with van der Waals surface area (Å²) < 4.78 is 11.0. The fraction of sp³-hybridized carbons (Fsp3) is 0.375. The lowest BCUT2D eigenvalue weighted by Crippen LogP contribution is -2.35. The Morgan fingerprint density at radius 3 is 2.66 bits per heavy atom. The second kappa shape index (κ2) is 10.2. The zero-order valence-electron chi connectivity index (χ0n) is 17.5. The standard InChI is InChI=1S/C24H30N2O3/c1-4-18(5-2)21-8-6-7-9-22(21)25-24(27)19-10-11-20(23(16-19)28-3)17-26-12-14-29-15-13-26/h4,6-11,16H,5,12-15,17H2,1-3H3,(H,25,27)/b18-4+. The maximum absolute atomic E-state index is 12.9. The van der Waals surface area contributed by atoms with Crippen LogP contribution in [0.25, 0.3) is 5.57 Å². The van der Waals surface area contributed by atoms with Gasteiger partial charge in [-0.2, -0.15) is 0 Å². The van der Waals surface area contributed by atoms with Gasteiger partial charge >= 0.3 is 0 Å². The van der Waals surface area contributed by atoms with E-state index in [1.165, 1.54) is 5.57 Å². The van der Waals surface area contributed by atoms with E-state index in [4.69, 9.17) is 9.47 Å². The van der Waals surface area contributed by atoms with E-state index in [0.29, 0.717) is 5.56 Å². The van der Waals surface area contributed by atoms with E-state index in [0.717, 1.165) is 61.8 Å². The summed E-state index contributed by atoms with van der Waals surface area (Å²) in [6.07, 6.45) is 3.00. The molecule has 2 aromatic carbocycles. The van der Waals surface area contributed by atoms with Crippen LogP contribution < -0.4 is 10.1 Å².